The molecule has 2 aromatic rings. The van der Waals surface area contributed by atoms with Crippen molar-refractivity contribution < 1.29 is 0 Å². The molecular formula is C13H16ClN3. The Balaban J connectivity index is 2.21. The second-order valence-electron chi connectivity index (χ2n) is 4.34. The van der Waals surface area contributed by atoms with Crippen LogP contribution in [0.4, 0.5) is 0 Å². The van der Waals surface area contributed by atoms with Crippen LogP contribution in [0.1, 0.15) is 31.0 Å². The SMILES string of the molecule is CC(C)c1ccc(-n2cc(CCCl)nn2)cc1. The zero-order valence-corrected chi connectivity index (χ0v) is 10.9. The van der Waals surface area contributed by atoms with Gasteiger partial charge in [-0.2, -0.15) is 0 Å². The van der Waals surface area contributed by atoms with E-state index >= 15 is 0 Å². The average molecular weight is 250 g/mol. The molecule has 0 bridgehead atoms. The Morgan fingerprint density at radius 2 is 1.94 bits per heavy atom. The van der Waals surface area contributed by atoms with Gasteiger partial charge >= 0.3 is 0 Å². The molecule has 0 unspecified atom stereocenters. The van der Waals surface area contributed by atoms with Crippen LogP contribution in [0.25, 0.3) is 5.69 Å². The largest absolute Gasteiger partial charge is 0.220 e. The minimum Gasteiger partial charge on any atom is -0.220 e. The van der Waals surface area contributed by atoms with E-state index in [0.717, 1.165) is 17.8 Å². The minimum atomic E-state index is 0.548. The molecule has 0 radical (unpaired) electrons. The van der Waals surface area contributed by atoms with Crippen LogP contribution < -0.4 is 0 Å². The molecule has 0 fully saturated rings. The van der Waals surface area contributed by atoms with Gasteiger partial charge in [0.15, 0.2) is 0 Å². The molecule has 0 aliphatic heterocycles. The summed E-state index contributed by atoms with van der Waals surface area (Å²) in [5.41, 5.74) is 3.28. The number of aryl methyl sites for hydroxylation is 1. The molecule has 3 nitrogen and oxygen atoms in total. The molecule has 1 heterocycles. The zero-order chi connectivity index (χ0) is 12.3. The third-order valence-corrected chi connectivity index (χ3v) is 2.90. The first kappa shape index (κ1) is 12.1. The summed E-state index contributed by atoms with van der Waals surface area (Å²) in [5.74, 6) is 1.12. The number of aromatic nitrogens is 3. The number of rotatable bonds is 4. The minimum absolute atomic E-state index is 0.548. The van der Waals surface area contributed by atoms with Crippen molar-refractivity contribution in [3.63, 3.8) is 0 Å². The highest BCUT2D eigenvalue weighted by Gasteiger charge is 2.03. The molecule has 2 rings (SSSR count). The molecule has 17 heavy (non-hydrogen) atoms. The number of halogens is 1. The lowest BCUT2D eigenvalue weighted by Crippen LogP contribution is -1.95. The third kappa shape index (κ3) is 2.86. The molecule has 0 saturated heterocycles. The van der Waals surface area contributed by atoms with E-state index in [4.69, 9.17) is 11.6 Å². The molecule has 0 saturated carbocycles. The van der Waals surface area contributed by atoms with Gasteiger partial charge in [-0.25, -0.2) is 4.68 Å². The molecular weight excluding hydrogens is 234 g/mol. The van der Waals surface area contributed by atoms with Gasteiger partial charge in [0, 0.05) is 12.3 Å². The van der Waals surface area contributed by atoms with E-state index in [1.807, 2.05) is 6.20 Å². The highest BCUT2D eigenvalue weighted by atomic mass is 35.5. The molecule has 1 aromatic heterocycles. The van der Waals surface area contributed by atoms with Gasteiger partial charge in [-0.1, -0.05) is 31.2 Å². The van der Waals surface area contributed by atoms with Crippen LogP contribution in [0.5, 0.6) is 0 Å². The number of alkyl halides is 1. The lowest BCUT2D eigenvalue weighted by atomic mass is 10.0. The van der Waals surface area contributed by atoms with Crippen molar-refractivity contribution in [2.45, 2.75) is 26.2 Å². The molecule has 0 atom stereocenters. The maximum absolute atomic E-state index is 5.67. The zero-order valence-electron chi connectivity index (χ0n) is 10.1. The summed E-state index contributed by atoms with van der Waals surface area (Å²) >= 11 is 5.67. The van der Waals surface area contributed by atoms with Gasteiger partial charge in [-0.15, -0.1) is 16.7 Å². The quantitative estimate of drug-likeness (QED) is 0.780. The average Bonchev–Trinajstić information content (AvgIpc) is 2.78. The number of benzene rings is 1. The Bertz CT molecular complexity index is 474. The van der Waals surface area contributed by atoms with Gasteiger partial charge in [0.2, 0.25) is 0 Å². The predicted octanol–water partition coefficient (Wildman–Crippen LogP) is 3.17. The topological polar surface area (TPSA) is 30.7 Å². The van der Waals surface area contributed by atoms with Crippen LogP contribution in [0.15, 0.2) is 30.5 Å². The standard InChI is InChI=1S/C13H16ClN3/c1-10(2)11-3-5-13(6-4-11)17-9-12(7-8-14)15-16-17/h3-6,9-10H,7-8H2,1-2H3. The van der Waals surface area contributed by atoms with Gasteiger partial charge in [0.25, 0.3) is 0 Å². The molecule has 0 N–H and O–H groups in total. The van der Waals surface area contributed by atoms with Crippen LogP contribution >= 0.6 is 11.6 Å². The van der Waals surface area contributed by atoms with Crippen molar-refractivity contribution >= 4 is 11.6 Å². The molecule has 0 aliphatic carbocycles. The predicted molar refractivity (Wildman–Crippen MR) is 69.9 cm³/mol. The van der Waals surface area contributed by atoms with Crippen LogP contribution in [0.3, 0.4) is 0 Å². The van der Waals surface area contributed by atoms with Crippen LogP contribution in [-0.2, 0) is 6.42 Å². The summed E-state index contributed by atoms with van der Waals surface area (Å²) in [7, 11) is 0. The third-order valence-electron chi connectivity index (χ3n) is 2.72. The van der Waals surface area contributed by atoms with Gasteiger partial charge in [-0.3, -0.25) is 0 Å². The van der Waals surface area contributed by atoms with Crippen molar-refractivity contribution in [3.05, 3.63) is 41.7 Å². The molecule has 0 spiro atoms. The summed E-state index contributed by atoms with van der Waals surface area (Å²) in [4.78, 5) is 0. The fourth-order valence-electron chi connectivity index (χ4n) is 1.65. The van der Waals surface area contributed by atoms with Gasteiger partial charge in [0.05, 0.1) is 17.6 Å². The Hall–Kier alpha value is -1.35. The Morgan fingerprint density at radius 1 is 1.24 bits per heavy atom. The van der Waals surface area contributed by atoms with Gasteiger partial charge in [-0.05, 0) is 23.6 Å². The van der Waals surface area contributed by atoms with E-state index in [1.54, 1.807) is 4.68 Å². The highest BCUT2D eigenvalue weighted by Crippen LogP contribution is 2.16. The first-order chi connectivity index (χ1) is 8.20. The van der Waals surface area contributed by atoms with Crippen molar-refractivity contribution in [2.24, 2.45) is 0 Å². The molecule has 90 valence electrons. The van der Waals surface area contributed by atoms with Gasteiger partial charge < -0.3 is 0 Å². The summed E-state index contributed by atoms with van der Waals surface area (Å²) in [6, 6.07) is 8.38. The summed E-state index contributed by atoms with van der Waals surface area (Å²) in [6.45, 7) is 4.37. The highest BCUT2D eigenvalue weighted by molar-refractivity contribution is 6.17. The van der Waals surface area contributed by atoms with Gasteiger partial charge in [0.1, 0.15) is 0 Å². The number of hydrogen-bond donors (Lipinski definition) is 0. The first-order valence-electron chi connectivity index (χ1n) is 5.78. The monoisotopic (exact) mass is 249 g/mol. The molecule has 1 aromatic carbocycles. The van der Waals surface area contributed by atoms with E-state index in [-0.39, 0.29) is 0 Å². The first-order valence-corrected chi connectivity index (χ1v) is 6.31. The molecule has 0 amide bonds. The Kier molecular flexibility index (Phi) is 3.79. The van der Waals surface area contributed by atoms with Crippen molar-refractivity contribution in [1.29, 1.82) is 0 Å². The number of nitrogens with zero attached hydrogens (tertiary/aromatic N) is 3. The van der Waals surface area contributed by atoms with E-state index < -0.39 is 0 Å². The number of hydrogen-bond acceptors (Lipinski definition) is 2. The van der Waals surface area contributed by atoms with Crippen LogP contribution in [0.2, 0.25) is 0 Å². The fourth-order valence-corrected chi connectivity index (χ4v) is 1.84. The van der Waals surface area contributed by atoms with E-state index in [0.29, 0.717) is 11.8 Å². The lowest BCUT2D eigenvalue weighted by Gasteiger charge is -2.06. The molecule has 4 heteroatoms. The Morgan fingerprint density at radius 3 is 2.53 bits per heavy atom. The summed E-state index contributed by atoms with van der Waals surface area (Å²) in [6.07, 6.45) is 2.68. The molecule has 0 aliphatic rings. The van der Waals surface area contributed by atoms with Crippen LogP contribution in [-0.4, -0.2) is 20.9 Å². The van der Waals surface area contributed by atoms with E-state index in [9.17, 15) is 0 Å². The lowest BCUT2D eigenvalue weighted by molar-refractivity contribution is 0.795. The van der Waals surface area contributed by atoms with E-state index in [2.05, 4.69) is 48.4 Å². The maximum atomic E-state index is 5.67. The second-order valence-corrected chi connectivity index (χ2v) is 4.72. The van der Waals surface area contributed by atoms with Crippen LogP contribution in [0, 0.1) is 0 Å². The smallest absolute Gasteiger partial charge is 0.0843 e. The van der Waals surface area contributed by atoms with E-state index in [1.165, 1.54) is 5.56 Å². The summed E-state index contributed by atoms with van der Waals surface area (Å²) in [5, 5.41) is 8.16. The fraction of sp³-hybridized carbons (Fsp3) is 0.385. The van der Waals surface area contributed by atoms with Crippen molar-refractivity contribution in [1.82, 2.24) is 15.0 Å². The van der Waals surface area contributed by atoms with Crippen molar-refractivity contribution in [2.75, 3.05) is 5.88 Å². The summed E-state index contributed by atoms with van der Waals surface area (Å²) < 4.78 is 1.78. The van der Waals surface area contributed by atoms with Crippen molar-refractivity contribution in [3.8, 4) is 5.69 Å². The maximum Gasteiger partial charge on any atom is 0.0843 e. The second kappa shape index (κ2) is 5.32. The normalized spacial score (nSPS) is 11.1. The Labute approximate surface area is 106 Å².